The molecule has 1 fully saturated rings. The zero-order valence-corrected chi connectivity index (χ0v) is 16.9. The van der Waals surface area contributed by atoms with Gasteiger partial charge in [0.05, 0.1) is 19.8 Å². The summed E-state index contributed by atoms with van der Waals surface area (Å²) in [6, 6.07) is 17.3. The number of hydrogen-bond donors (Lipinski definition) is 0. The first-order chi connectivity index (χ1) is 14.3. The first-order valence-corrected chi connectivity index (χ1v) is 10.2. The van der Waals surface area contributed by atoms with Crippen LogP contribution in [0.2, 0.25) is 0 Å². The van der Waals surface area contributed by atoms with Gasteiger partial charge in [0.1, 0.15) is 18.4 Å². The van der Waals surface area contributed by atoms with Crippen LogP contribution >= 0.6 is 0 Å². The van der Waals surface area contributed by atoms with Crippen molar-refractivity contribution in [2.75, 3.05) is 19.8 Å². The normalized spacial score (nSPS) is 15.2. The summed E-state index contributed by atoms with van der Waals surface area (Å²) in [5, 5.41) is 1.31. The predicted molar refractivity (Wildman–Crippen MR) is 109 cm³/mol. The molecule has 0 N–H and O–H groups in total. The minimum Gasteiger partial charge on any atom is -0.494 e. The number of unbranched alkanes of at least 4 members (excludes halogenated alkanes) is 1. The second-order valence-corrected chi connectivity index (χ2v) is 6.95. The molecule has 1 amide bonds. The Balaban J connectivity index is 1.65. The second kappa shape index (κ2) is 11.6. The largest absolute Gasteiger partial charge is 0.494 e. The Morgan fingerprint density at radius 3 is 2.45 bits per heavy atom. The summed E-state index contributed by atoms with van der Waals surface area (Å²) in [5.41, 5.74) is 2.03. The van der Waals surface area contributed by atoms with Gasteiger partial charge >= 0.3 is 0 Å². The number of carbonyl (C=O) groups excluding carboxylic acids is 1. The van der Waals surface area contributed by atoms with E-state index in [9.17, 15) is 4.79 Å². The summed E-state index contributed by atoms with van der Waals surface area (Å²) in [7, 11) is 0. The number of nitrogens with zero attached hydrogens (tertiary/aromatic N) is 1. The Morgan fingerprint density at radius 2 is 1.79 bits per heavy atom. The Hall–Kier alpha value is -2.41. The van der Waals surface area contributed by atoms with Crippen molar-refractivity contribution < 1.29 is 23.8 Å². The second-order valence-electron chi connectivity index (χ2n) is 6.95. The lowest BCUT2D eigenvalue weighted by molar-refractivity contribution is -0.226. The fraction of sp³-hybridized carbons (Fsp3) is 0.435. The van der Waals surface area contributed by atoms with Gasteiger partial charge in [-0.2, -0.15) is 0 Å². The van der Waals surface area contributed by atoms with Crippen LogP contribution in [0.3, 0.4) is 0 Å². The van der Waals surface area contributed by atoms with Crippen molar-refractivity contribution in [3.8, 4) is 5.75 Å². The predicted octanol–water partition coefficient (Wildman–Crippen LogP) is 3.74. The van der Waals surface area contributed by atoms with Gasteiger partial charge < -0.3 is 14.2 Å². The van der Waals surface area contributed by atoms with Crippen LogP contribution < -0.4 is 4.74 Å². The zero-order chi connectivity index (χ0) is 20.3. The highest BCUT2D eigenvalue weighted by Crippen LogP contribution is 2.21. The third kappa shape index (κ3) is 6.56. The molecular formula is C23H29NO5. The van der Waals surface area contributed by atoms with Crippen LogP contribution in [0.4, 0.5) is 0 Å². The molecule has 0 unspecified atom stereocenters. The molecule has 3 rings (SSSR count). The van der Waals surface area contributed by atoms with E-state index in [0.717, 1.165) is 29.7 Å². The summed E-state index contributed by atoms with van der Waals surface area (Å²) in [6.07, 6.45) is 2.86. The van der Waals surface area contributed by atoms with Gasteiger partial charge in [0.15, 0.2) is 6.29 Å². The molecule has 29 heavy (non-hydrogen) atoms. The average molecular weight is 399 g/mol. The molecule has 2 aromatic rings. The van der Waals surface area contributed by atoms with Gasteiger partial charge in [-0.05, 0) is 29.7 Å². The molecule has 0 radical (unpaired) electrons. The molecule has 0 spiro atoms. The Labute approximate surface area is 172 Å². The highest BCUT2D eigenvalue weighted by atomic mass is 16.7. The van der Waals surface area contributed by atoms with E-state index in [4.69, 9.17) is 19.0 Å². The lowest BCUT2D eigenvalue weighted by Gasteiger charge is -2.30. The van der Waals surface area contributed by atoms with Crippen LogP contribution in [0, 0.1) is 0 Å². The highest BCUT2D eigenvalue weighted by molar-refractivity contribution is 5.46. The lowest BCUT2D eigenvalue weighted by atomic mass is 10.1. The van der Waals surface area contributed by atoms with Gasteiger partial charge in [-0.1, -0.05) is 55.8 Å². The third-order valence-corrected chi connectivity index (χ3v) is 4.75. The van der Waals surface area contributed by atoms with E-state index in [0.29, 0.717) is 39.3 Å². The van der Waals surface area contributed by atoms with Gasteiger partial charge in [-0.15, -0.1) is 0 Å². The van der Waals surface area contributed by atoms with Crippen LogP contribution in [0.5, 0.6) is 5.75 Å². The topological polar surface area (TPSA) is 57.2 Å². The van der Waals surface area contributed by atoms with Crippen molar-refractivity contribution in [1.82, 2.24) is 5.06 Å². The van der Waals surface area contributed by atoms with E-state index in [2.05, 4.69) is 6.92 Å². The maximum Gasteiger partial charge on any atom is 0.233 e. The van der Waals surface area contributed by atoms with Gasteiger partial charge in [0.25, 0.3) is 0 Å². The Morgan fingerprint density at radius 1 is 1.07 bits per heavy atom. The van der Waals surface area contributed by atoms with Gasteiger partial charge in [0.2, 0.25) is 6.41 Å². The molecule has 1 saturated heterocycles. The maximum atomic E-state index is 11.8. The highest BCUT2D eigenvalue weighted by Gasteiger charge is 2.32. The maximum absolute atomic E-state index is 11.8. The molecule has 0 aliphatic carbocycles. The smallest absolute Gasteiger partial charge is 0.233 e. The minimum atomic E-state index is -0.517. The fourth-order valence-corrected chi connectivity index (χ4v) is 3.13. The summed E-state index contributed by atoms with van der Waals surface area (Å²) in [4.78, 5) is 17.6. The molecule has 2 aromatic carbocycles. The van der Waals surface area contributed by atoms with Gasteiger partial charge in [-0.25, -0.2) is 5.06 Å². The Kier molecular flexibility index (Phi) is 8.49. The molecule has 0 bridgehead atoms. The van der Waals surface area contributed by atoms with Crippen LogP contribution in [-0.2, 0) is 32.1 Å². The molecule has 0 saturated carbocycles. The van der Waals surface area contributed by atoms with Gasteiger partial charge in [0, 0.05) is 6.42 Å². The number of rotatable bonds is 12. The molecule has 1 aliphatic rings. The van der Waals surface area contributed by atoms with Crippen molar-refractivity contribution in [2.45, 2.75) is 45.1 Å². The molecule has 1 atom stereocenters. The monoisotopic (exact) mass is 399 g/mol. The lowest BCUT2D eigenvalue weighted by Crippen LogP contribution is -2.45. The van der Waals surface area contributed by atoms with E-state index in [1.807, 2.05) is 54.6 Å². The number of ether oxygens (including phenoxy) is 3. The number of hydroxylamine groups is 2. The molecule has 1 aliphatic heterocycles. The molecule has 6 nitrogen and oxygen atoms in total. The summed E-state index contributed by atoms with van der Waals surface area (Å²) in [5.74, 6) is 0.847. The standard InChI is InChI=1S/C23H29NO5/c1-2-3-13-26-21-11-9-19(10-12-21)16-22(23-27-14-15-28-23)24(18-25)29-17-20-7-5-4-6-8-20/h4-12,18,22-23H,2-3,13-17H2,1H3/t22-/m0/s1. The summed E-state index contributed by atoms with van der Waals surface area (Å²) >= 11 is 0. The van der Waals surface area contributed by atoms with Crippen LogP contribution in [0.1, 0.15) is 30.9 Å². The molecule has 1 heterocycles. The van der Waals surface area contributed by atoms with Crippen LogP contribution in [0.15, 0.2) is 54.6 Å². The van der Waals surface area contributed by atoms with E-state index in [-0.39, 0.29) is 6.04 Å². The van der Waals surface area contributed by atoms with E-state index < -0.39 is 6.29 Å². The molecule has 6 heteroatoms. The van der Waals surface area contributed by atoms with Crippen molar-refractivity contribution in [3.63, 3.8) is 0 Å². The van der Waals surface area contributed by atoms with Crippen molar-refractivity contribution in [1.29, 1.82) is 0 Å². The average Bonchev–Trinajstić information content (AvgIpc) is 3.30. The quantitative estimate of drug-likeness (QED) is 0.309. The van der Waals surface area contributed by atoms with Crippen LogP contribution in [-0.4, -0.2) is 43.6 Å². The number of amides is 1. The summed E-state index contributed by atoms with van der Waals surface area (Å²) in [6.45, 7) is 4.17. The van der Waals surface area contributed by atoms with Gasteiger partial charge in [-0.3, -0.25) is 9.63 Å². The van der Waals surface area contributed by atoms with Crippen LogP contribution in [0.25, 0.3) is 0 Å². The SMILES string of the molecule is CCCCOc1ccc(C[C@@H](C2OCCO2)N(C=O)OCc2ccccc2)cc1. The minimum absolute atomic E-state index is 0.299. The zero-order valence-electron chi connectivity index (χ0n) is 16.9. The van der Waals surface area contributed by atoms with Crippen molar-refractivity contribution >= 4 is 6.41 Å². The van der Waals surface area contributed by atoms with Crippen molar-refractivity contribution in [2.24, 2.45) is 0 Å². The van der Waals surface area contributed by atoms with Crippen molar-refractivity contribution in [3.05, 3.63) is 65.7 Å². The number of hydrogen-bond acceptors (Lipinski definition) is 5. The number of benzene rings is 2. The third-order valence-electron chi connectivity index (χ3n) is 4.75. The molecular weight excluding hydrogens is 370 g/mol. The van der Waals surface area contributed by atoms with E-state index >= 15 is 0 Å². The number of carbonyl (C=O) groups is 1. The van der Waals surface area contributed by atoms with E-state index in [1.165, 1.54) is 5.06 Å². The molecule has 0 aromatic heterocycles. The molecule has 156 valence electrons. The fourth-order valence-electron chi connectivity index (χ4n) is 3.13. The van der Waals surface area contributed by atoms with E-state index in [1.54, 1.807) is 0 Å². The Bertz CT molecular complexity index is 716. The summed E-state index contributed by atoms with van der Waals surface area (Å²) < 4.78 is 17.1. The first kappa shape index (κ1) is 21.3. The first-order valence-electron chi connectivity index (χ1n) is 10.2.